The Balaban J connectivity index is 0. The van der Waals surface area contributed by atoms with Crippen molar-refractivity contribution in [1.82, 2.24) is 5.43 Å². The van der Waals surface area contributed by atoms with E-state index >= 15 is 0 Å². The molecular weight excluding hydrogens is 289 g/mol. The molecule has 6 N–H and O–H groups in total. The van der Waals surface area contributed by atoms with Gasteiger partial charge in [0.25, 0.3) is 0 Å². The zero-order valence-electron chi connectivity index (χ0n) is 8.91. The number of hydrazone groups is 1. The Labute approximate surface area is 114 Å². The largest absolute Gasteiger partial charge is 2.00 e. The molecule has 0 saturated carbocycles. The van der Waals surface area contributed by atoms with E-state index in [-0.39, 0.29) is 32.8 Å². The Kier molecular flexibility index (Phi) is 9.27. The molecule has 96 valence electrons. The number of ether oxygens (including phenoxy) is 1. The number of para-hydroxylation sites is 1. The Morgan fingerprint density at radius 3 is 2.76 bits per heavy atom. The third-order valence-corrected chi connectivity index (χ3v) is 1.75. The zero-order valence-corrected chi connectivity index (χ0v) is 10.7. The standard InChI is InChI=1S/C9H11N3O2S.Ni.H2O/c1-14-7-4-2-3-6(8(7)13)5-11-12-9(10)15;;/h2-5,13H,1H3,(H3,10,12,15);;1H2/q;+2;. The van der Waals surface area contributed by atoms with E-state index in [0.717, 1.165) is 0 Å². The van der Waals surface area contributed by atoms with E-state index in [4.69, 9.17) is 15.6 Å². The molecule has 0 fully saturated rings. The zero-order chi connectivity index (χ0) is 11.3. The third kappa shape index (κ3) is 5.49. The summed E-state index contributed by atoms with van der Waals surface area (Å²) in [6.07, 6.45) is 1.46. The molecule has 0 atom stereocenters. The molecule has 0 saturated heterocycles. The Bertz CT molecular complexity index is 401. The topological polar surface area (TPSA) is 113 Å². The van der Waals surface area contributed by atoms with Gasteiger partial charge in [0.2, 0.25) is 5.75 Å². The van der Waals surface area contributed by atoms with Crippen molar-refractivity contribution in [3.8, 4) is 11.5 Å². The molecule has 6 nitrogen and oxygen atoms in total. The Morgan fingerprint density at radius 1 is 1.59 bits per heavy atom. The Morgan fingerprint density at radius 2 is 2.24 bits per heavy atom. The van der Waals surface area contributed by atoms with Gasteiger partial charge in [-0.25, -0.2) is 0 Å². The van der Waals surface area contributed by atoms with Crippen LogP contribution in [-0.2, 0) is 16.5 Å². The van der Waals surface area contributed by atoms with Gasteiger partial charge in [-0.05, 0) is 24.4 Å². The smallest absolute Gasteiger partial charge is 0.870 e. The van der Waals surface area contributed by atoms with E-state index in [1.54, 1.807) is 18.2 Å². The minimum atomic E-state index is 0. The first kappa shape index (κ1) is 18.0. The summed E-state index contributed by atoms with van der Waals surface area (Å²) in [5.74, 6) is 0.766. The summed E-state index contributed by atoms with van der Waals surface area (Å²) in [7, 11) is 1.52. The summed E-state index contributed by atoms with van der Waals surface area (Å²) in [5, 5.41) is 11.6. The second-order valence-corrected chi connectivity index (χ2v) is 3.10. The van der Waals surface area contributed by atoms with Crippen molar-refractivity contribution < 1.29 is 31.8 Å². The normalized spacial score (nSPS) is 9.00. The van der Waals surface area contributed by atoms with Gasteiger partial charge in [0.15, 0.2) is 5.11 Å². The molecule has 0 aliphatic heterocycles. The minimum Gasteiger partial charge on any atom is -0.870 e. The van der Waals surface area contributed by atoms with Crippen LogP contribution in [0.25, 0.3) is 0 Å². The maximum absolute atomic E-state index is 7.72. The number of nitrogens with zero attached hydrogens (tertiary/aromatic N) is 1. The summed E-state index contributed by atoms with van der Waals surface area (Å²) in [4.78, 5) is 0. The van der Waals surface area contributed by atoms with Crippen molar-refractivity contribution in [2.75, 3.05) is 7.11 Å². The summed E-state index contributed by atoms with van der Waals surface area (Å²) >= 11 is 4.57. The van der Waals surface area contributed by atoms with E-state index < -0.39 is 0 Å². The third-order valence-electron chi connectivity index (χ3n) is 1.66. The van der Waals surface area contributed by atoms with Crippen LogP contribution in [0, 0.1) is 0 Å². The number of benzene rings is 1. The quantitative estimate of drug-likeness (QED) is 0.271. The van der Waals surface area contributed by atoms with Gasteiger partial charge >= 0.3 is 22.2 Å². The number of rotatable bonds is 3. The van der Waals surface area contributed by atoms with Crippen LogP contribution >= 0.6 is 12.2 Å². The van der Waals surface area contributed by atoms with Gasteiger partial charge in [-0.3, -0.25) is 5.43 Å². The fourth-order valence-corrected chi connectivity index (χ4v) is 1.04. The fraction of sp³-hybridized carbons (Fsp3) is 0.111. The molecule has 0 unspecified atom stereocenters. The first-order valence-electron chi connectivity index (χ1n) is 4.12. The summed E-state index contributed by atoms with van der Waals surface area (Å²) < 4.78 is 4.99. The number of thiocarbonyl (C=S) groups is 1. The summed E-state index contributed by atoms with van der Waals surface area (Å²) in [5.41, 5.74) is 8.22. The molecule has 1 rings (SSSR count). The molecule has 8 heteroatoms. The maximum atomic E-state index is 7.72. The van der Waals surface area contributed by atoms with E-state index in [2.05, 4.69) is 22.7 Å². The van der Waals surface area contributed by atoms with Crippen molar-refractivity contribution in [3.63, 3.8) is 0 Å². The van der Waals surface area contributed by atoms with Crippen LogP contribution in [0.4, 0.5) is 0 Å². The van der Waals surface area contributed by atoms with Gasteiger partial charge in [0.1, 0.15) is 0 Å². The molecule has 1 aromatic rings. The monoisotopic (exact) mass is 301 g/mol. The fourth-order valence-electron chi connectivity index (χ4n) is 0.991. The average Bonchev–Trinajstić information content (AvgIpc) is 2.20. The predicted molar refractivity (Wildman–Crippen MR) is 65.5 cm³/mol. The molecule has 0 aromatic heterocycles. The van der Waals surface area contributed by atoms with Gasteiger partial charge < -0.3 is 21.1 Å². The molecular formula is C9H13N3NiO3S+2. The van der Waals surface area contributed by atoms with Gasteiger partial charge in [-0.2, -0.15) is 5.10 Å². The number of nitrogens with two attached hydrogens (primary N) is 1. The molecule has 0 spiro atoms. The number of nitrogens with one attached hydrogen (secondary N) is 1. The minimum absolute atomic E-state index is 0. The number of hydrogen-bond acceptors (Lipinski definition) is 4. The summed E-state index contributed by atoms with van der Waals surface area (Å²) in [6, 6.07) is 5.23. The maximum Gasteiger partial charge on any atom is 2.00 e. The van der Waals surface area contributed by atoms with Crippen molar-refractivity contribution in [1.29, 1.82) is 0 Å². The average molecular weight is 302 g/mol. The van der Waals surface area contributed by atoms with E-state index in [0.29, 0.717) is 11.3 Å². The SMILES string of the molecule is COc1cccc(C=NNC(N)=S)c1[OH2+].[Ni+2].[OH-]. The second kappa shape index (κ2) is 8.75. The Hall–Kier alpha value is -1.37. The number of methoxy groups -OCH3 is 1. The van der Waals surface area contributed by atoms with E-state index in [1.165, 1.54) is 13.3 Å². The summed E-state index contributed by atoms with van der Waals surface area (Å²) in [6.45, 7) is 0. The van der Waals surface area contributed by atoms with Crippen molar-refractivity contribution in [2.45, 2.75) is 0 Å². The van der Waals surface area contributed by atoms with Crippen molar-refractivity contribution in [2.24, 2.45) is 10.8 Å². The van der Waals surface area contributed by atoms with Gasteiger partial charge in [-0.15, -0.1) is 0 Å². The van der Waals surface area contributed by atoms with Crippen LogP contribution in [0.3, 0.4) is 0 Å². The first-order valence-corrected chi connectivity index (χ1v) is 4.53. The molecule has 0 aliphatic carbocycles. The molecule has 0 aliphatic rings. The molecule has 0 amide bonds. The van der Waals surface area contributed by atoms with Crippen molar-refractivity contribution in [3.05, 3.63) is 23.8 Å². The molecule has 0 bridgehead atoms. The van der Waals surface area contributed by atoms with Gasteiger partial charge in [0, 0.05) is 0 Å². The van der Waals surface area contributed by atoms with Gasteiger partial charge in [0.05, 0.1) is 18.9 Å². The van der Waals surface area contributed by atoms with Gasteiger partial charge in [-0.1, -0.05) is 6.07 Å². The second-order valence-electron chi connectivity index (χ2n) is 2.66. The van der Waals surface area contributed by atoms with Crippen LogP contribution in [0.2, 0.25) is 0 Å². The van der Waals surface area contributed by atoms with Crippen molar-refractivity contribution >= 4 is 23.5 Å². The van der Waals surface area contributed by atoms with E-state index in [1.807, 2.05) is 0 Å². The molecule has 0 heterocycles. The molecule has 0 radical (unpaired) electrons. The molecule has 1 aromatic carbocycles. The predicted octanol–water partition coefficient (Wildman–Crippen LogP) is 0.121. The van der Waals surface area contributed by atoms with Crippen LogP contribution in [0.5, 0.6) is 11.5 Å². The first-order chi connectivity index (χ1) is 7.15. The molecule has 17 heavy (non-hydrogen) atoms. The van der Waals surface area contributed by atoms with Crippen LogP contribution < -0.4 is 15.9 Å². The van der Waals surface area contributed by atoms with Crippen LogP contribution in [0.15, 0.2) is 23.3 Å². The van der Waals surface area contributed by atoms with Crippen LogP contribution in [-0.4, -0.2) is 29.0 Å². The van der Waals surface area contributed by atoms with Crippen LogP contribution in [0.1, 0.15) is 5.56 Å². The number of hydrogen-bond donors (Lipinski definition) is 2. The van der Waals surface area contributed by atoms with E-state index in [9.17, 15) is 0 Å².